The molecule has 0 bridgehead atoms. The summed E-state index contributed by atoms with van der Waals surface area (Å²) in [5.41, 5.74) is 0.280. The van der Waals surface area contributed by atoms with Crippen molar-refractivity contribution in [3.05, 3.63) is 47.0 Å². The molecule has 0 saturated heterocycles. The molecule has 2 N–H and O–H groups in total. The Bertz CT molecular complexity index is 1050. The fraction of sp³-hybridized carbons (Fsp3) is 0.600. The predicted octanol–water partition coefficient (Wildman–Crippen LogP) is 4.85. The van der Waals surface area contributed by atoms with E-state index in [-0.39, 0.29) is 31.0 Å². The minimum atomic E-state index is -0.837. The van der Waals surface area contributed by atoms with Gasteiger partial charge in [0.1, 0.15) is 11.6 Å². The Morgan fingerprint density at radius 3 is 2.18 bits per heavy atom. The largest absolute Gasteiger partial charge is 0.463 e. The average molecular weight is 546 g/mol. The molecule has 3 amide bonds. The molecule has 0 fully saturated rings. The molecule has 1 aromatic carbocycles. The van der Waals surface area contributed by atoms with Gasteiger partial charge in [-0.1, -0.05) is 52.8 Å². The molecule has 218 valence electrons. The number of carbonyl (C=O) groups is 4. The molecule has 0 radical (unpaired) electrons. The molecule has 0 aliphatic heterocycles. The first-order valence-corrected chi connectivity index (χ1v) is 13.4. The third-order valence-corrected chi connectivity index (χ3v) is 5.91. The van der Waals surface area contributed by atoms with Gasteiger partial charge in [-0.05, 0) is 63.6 Å². The maximum absolute atomic E-state index is 13.7. The number of ether oxygens (including phenoxy) is 2. The van der Waals surface area contributed by atoms with Crippen LogP contribution in [0.4, 0.5) is 4.79 Å². The second-order valence-corrected chi connectivity index (χ2v) is 12.1. The lowest BCUT2D eigenvalue weighted by Crippen LogP contribution is -2.56. The van der Waals surface area contributed by atoms with E-state index in [9.17, 15) is 19.2 Å². The van der Waals surface area contributed by atoms with Crippen LogP contribution in [0, 0.1) is 11.3 Å². The van der Waals surface area contributed by atoms with Crippen molar-refractivity contribution in [2.45, 2.75) is 93.5 Å². The van der Waals surface area contributed by atoms with Gasteiger partial charge in [0.05, 0.1) is 12.6 Å². The van der Waals surface area contributed by atoms with Crippen LogP contribution >= 0.6 is 0 Å². The summed E-state index contributed by atoms with van der Waals surface area (Å²) in [4.78, 5) is 52.8. The van der Waals surface area contributed by atoms with Gasteiger partial charge < -0.3 is 25.0 Å². The third kappa shape index (κ3) is 11.1. The zero-order chi connectivity index (χ0) is 30.1. The highest BCUT2D eigenvalue weighted by molar-refractivity contribution is 5.98. The topological polar surface area (TPSA) is 114 Å². The maximum atomic E-state index is 13.7. The number of rotatable bonds is 10. The van der Waals surface area contributed by atoms with E-state index in [4.69, 9.17) is 9.47 Å². The fourth-order valence-corrected chi connectivity index (χ4v) is 3.85. The number of likely N-dealkylation sites (N-methyl/N-ethyl adjacent to an activating group) is 1. The molecule has 9 nitrogen and oxygen atoms in total. The highest BCUT2D eigenvalue weighted by atomic mass is 16.6. The van der Waals surface area contributed by atoms with Gasteiger partial charge >= 0.3 is 12.1 Å². The highest BCUT2D eigenvalue weighted by Crippen LogP contribution is 2.24. The Balaban J connectivity index is 3.12. The summed E-state index contributed by atoms with van der Waals surface area (Å²) >= 11 is 0. The van der Waals surface area contributed by atoms with E-state index >= 15 is 0 Å². The zero-order valence-electron chi connectivity index (χ0n) is 25.4. The van der Waals surface area contributed by atoms with E-state index in [2.05, 4.69) is 10.6 Å². The van der Waals surface area contributed by atoms with Gasteiger partial charge in [0.25, 0.3) is 5.91 Å². The van der Waals surface area contributed by atoms with E-state index in [0.717, 1.165) is 0 Å². The Morgan fingerprint density at radius 1 is 1.05 bits per heavy atom. The lowest BCUT2D eigenvalue weighted by molar-refractivity contribution is -0.139. The summed E-state index contributed by atoms with van der Waals surface area (Å²) in [7, 11) is 1.68. The van der Waals surface area contributed by atoms with Crippen LogP contribution in [0.25, 0.3) is 0 Å². The van der Waals surface area contributed by atoms with Crippen molar-refractivity contribution in [1.29, 1.82) is 0 Å². The van der Waals surface area contributed by atoms with E-state index in [0.29, 0.717) is 16.7 Å². The maximum Gasteiger partial charge on any atom is 0.407 e. The molecular formula is C30H47N3O6. The van der Waals surface area contributed by atoms with Crippen molar-refractivity contribution in [1.82, 2.24) is 15.5 Å². The summed E-state index contributed by atoms with van der Waals surface area (Å²) in [5.74, 6) is -1.10. The van der Waals surface area contributed by atoms with Crippen molar-refractivity contribution in [3.63, 3.8) is 0 Å². The van der Waals surface area contributed by atoms with Crippen LogP contribution in [0.2, 0.25) is 0 Å². The van der Waals surface area contributed by atoms with E-state index in [1.165, 1.54) is 0 Å². The minimum absolute atomic E-state index is 0.00815. The van der Waals surface area contributed by atoms with Crippen LogP contribution in [-0.2, 0) is 25.6 Å². The molecule has 39 heavy (non-hydrogen) atoms. The molecule has 0 unspecified atom stereocenters. The van der Waals surface area contributed by atoms with Crippen LogP contribution < -0.4 is 10.6 Å². The van der Waals surface area contributed by atoms with Crippen LogP contribution in [0.3, 0.4) is 0 Å². The predicted molar refractivity (Wildman–Crippen MR) is 152 cm³/mol. The number of hydrogen-bond donors (Lipinski definition) is 2. The molecular weight excluding hydrogens is 498 g/mol. The molecule has 2 atom stereocenters. The van der Waals surface area contributed by atoms with Crippen LogP contribution in [0.5, 0.6) is 0 Å². The number of amides is 3. The van der Waals surface area contributed by atoms with Crippen molar-refractivity contribution in [3.8, 4) is 0 Å². The van der Waals surface area contributed by atoms with Crippen molar-refractivity contribution in [2.75, 3.05) is 13.7 Å². The van der Waals surface area contributed by atoms with E-state index < -0.39 is 35.0 Å². The van der Waals surface area contributed by atoms with Gasteiger partial charge in [-0.3, -0.25) is 9.59 Å². The number of carbonyl (C=O) groups excluding carboxylic acids is 4. The van der Waals surface area contributed by atoms with Gasteiger partial charge in [0, 0.05) is 24.7 Å². The smallest absolute Gasteiger partial charge is 0.407 e. The van der Waals surface area contributed by atoms with Gasteiger partial charge in [0.2, 0.25) is 5.91 Å². The first kappa shape index (κ1) is 33.7. The van der Waals surface area contributed by atoms with Crippen LogP contribution in [0.1, 0.15) is 85.2 Å². The number of hydrogen-bond acceptors (Lipinski definition) is 6. The second-order valence-electron chi connectivity index (χ2n) is 12.1. The van der Waals surface area contributed by atoms with Crippen molar-refractivity contribution < 1.29 is 28.7 Å². The summed E-state index contributed by atoms with van der Waals surface area (Å²) in [6.45, 7) is 18.8. The summed E-state index contributed by atoms with van der Waals surface area (Å²) in [6.07, 6.45) is 1.19. The monoisotopic (exact) mass is 545 g/mol. The minimum Gasteiger partial charge on any atom is -0.463 e. The zero-order valence-corrected chi connectivity index (χ0v) is 25.4. The molecule has 0 heterocycles. The van der Waals surface area contributed by atoms with Crippen molar-refractivity contribution >= 4 is 23.9 Å². The SMILES string of the molecule is CCOC(=O)C(C)=C[C@H](C(C)C)N(C)C(=O)[C@@H](NC(=O)c1cccc(CNC(=O)OC(C)(C)C)c1)C(C)(C)C. The van der Waals surface area contributed by atoms with Crippen LogP contribution in [0.15, 0.2) is 35.9 Å². The number of nitrogens with zero attached hydrogens (tertiary/aromatic N) is 1. The molecule has 0 aliphatic rings. The van der Waals surface area contributed by atoms with E-state index in [1.807, 2.05) is 34.6 Å². The molecule has 9 heteroatoms. The summed E-state index contributed by atoms with van der Waals surface area (Å²) in [6, 6.07) is 5.62. The quantitative estimate of drug-likeness (QED) is 0.321. The lowest BCUT2D eigenvalue weighted by Gasteiger charge is -2.37. The highest BCUT2D eigenvalue weighted by Gasteiger charge is 2.37. The molecule has 0 aliphatic carbocycles. The standard InChI is InChI=1S/C30H47N3O6/c1-12-38-27(36)20(4)16-23(19(2)3)33(11)26(35)24(29(5,6)7)32-25(34)22-15-13-14-21(17-22)18-31-28(37)39-30(8,9)10/h13-17,19,23-24H,12,18H2,1-11H3,(H,31,37)(H,32,34)/t23-,24-/m1/s1. The third-order valence-electron chi connectivity index (χ3n) is 5.91. The summed E-state index contributed by atoms with van der Waals surface area (Å²) in [5, 5.41) is 5.59. The van der Waals surface area contributed by atoms with E-state index in [1.54, 1.807) is 76.9 Å². The van der Waals surface area contributed by atoms with Crippen LogP contribution in [-0.4, -0.2) is 60.1 Å². The number of alkyl carbamates (subject to hydrolysis) is 1. The molecule has 1 aromatic rings. The molecule has 1 rings (SSSR count). The molecule has 0 spiro atoms. The number of nitrogens with one attached hydrogen (secondary N) is 2. The molecule has 0 saturated carbocycles. The Labute approximate surface area is 233 Å². The van der Waals surface area contributed by atoms with Crippen molar-refractivity contribution in [2.24, 2.45) is 11.3 Å². The summed E-state index contributed by atoms with van der Waals surface area (Å²) < 4.78 is 10.4. The Kier molecular flexibility index (Phi) is 12.2. The Morgan fingerprint density at radius 2 is 1.67 bits per heavy atom. The first-order valence-electron chi connectivity index (χ1n) is 13.4. The number of esters is 1. The fourth-order valence-electron chi connectivity index (χ4n) is 3.85. The first-order chi connectivity index (χ1) is 17.9. The van der Waals surface area contributed by atoms with Gasteiger partial charge in [0.15, 0.2) is 0 Å². The van der Waals surface area contributed by atoms with Gasteiger partial charge in [-0.15, -0.1) is 0 Å². The number of benzene rings is 1. The molecule has 0 aromatic heterocycles. The van der Waals surface area contributed by atoms with Gasteiger partial charge in [-0.25, -0.2) is 9.59 Å². The van der Waals surface area contributed by atoms with Gasteiger partial charge in [-0.2, -0.15) is 0 Å². The lowest BCUT2D eigenvalue weighted by atomic mass is 9.85. The normalized spacial score (nSPS) is 13.8. The average Bonchev–Trinajstić information content (AvgIpc) is 2.81. The second kappa shape index (κ2) is 14.1. The Hall–Kier alpha value is -3.36.